The van der Waals surface area contributed by atoms with Crippen molar-refractivity contribution in [2.45, 2.75) is 45.2 Å². The maximum atomic E-state index is 12.0. The van der Waals surface area contributed by atoms with Crippen molar-refractivity contribution in [3.63, 3.8) is 0 Å². The lowest BCUT2D eigenvalue weighted by Crippen LogP contribution is -2.53. The molecule has 0 aromatic carbocycles. The van der Waals surface area contributed by atoms with Crippen LogP contribution in [-0.2, 0) is 4.79 Å². The van der Waals surface area contributed by atoms with Gasteiger partial charge in [0, 0.05) is 11.3 Å². The quantitative estimate of drug-likeness (QED) is 0.807. The topological polar surface area (TPSA) is 69.6 Å². The molecule has 0 bridgehead atoms. The molecule has 1 aliphatic heterocycles. The summed E-state index contributed by atoms with van der Waals surface area (Å²) in [6, 6.07) is -0.974. The third-order valence-electron chi connectivity index (χ3n) is 2.75. The monoisotopic (exact) mass is 260 g/mol. The van der Waals surface area contributed by atoms with Crippen molar-refractivity contribution in [1.82, 2.24) is 10.2 Å². The molecule has 0 saturated carbocycles. The van der Waals surface area contributed by atoms with Gasteiger partial charge in [-0.25, -0.2) is 9.59 Å². The van der Waals surface area contributed by atoms with Gasteiger partial charge in [0.15, 0.2) is 0 Å². The van der Waals surface area contributed by atoms with E-state index >= 15 is 0 Å². The molecule has 98 valence electrons. The van der Waals surface area contributed by atoms with Crippen molar-refractivity contribution in [2.24, 2.45) is 0 Å². The van der Waals surface area contributed by atoms with E-state index < -0.39 is 12.0 Å². The van der Waals surface area contributed by atoms with Gasteiger partial charge in [0.1, 0.15) is 6.04 Å². The average molecular weight is 260 g/mol. The molecular weight excluding hydrogens is 240 g/mol. The normalized spacial score (nSPS) is 20.4. The molecule has 2 N–H and O–H groups in total. The van der Waals surface area contributed by atoms with E-state index in [1.54, 1.807) is 0 Å². The molecule has 1 heterocycles. The number of amides is 2. The zero-order valence-corrected chi connectivity index (χ0v) is 11.3. The second-order valence-corrected chi connectivity index (χ2v) is 5.89. The van der Waals surface area contributed by atoms with E-state index in [0.29, 0.717) is 11.6 Å². The molecule has 1 rings (SSSR count). The van der Waals surface area contributed by atoms with Crippen molar-refractivity contribution in [3.05, 3.63) is 0 Å². The first-order chi connectivity index (χ1) is 7.87. The second-order valence-electron chi connectivity index (χ2n) is 4.89. The maximum Gasteiger partial charge on any atom is 0.327 e. The summed E-state index contributed by atoms with van der Waals surface area (Å²) in [5, 5.41) is 11.9. The van der Waals surface area contributed by atoms with Crippen LogP contribution in [0.3, 0.4) is 0 Å². The molecule has 0 unspecified atom stereocenters. The van der Waals surface area contributed by atoms with E-state index in [1.165, 1.54) is 16.7 Å². The summed E-state index contributed by atoms with van der Waals surface area (Å²) in [6.45, 7) is 5.96. The lowest BCUT2D eigenvalue weighted by atomic mass is 9.99. The molecule has 1 fully saturated rings. The van der Waals surface area contributed by atoms with Gasteiger partial charge in [-0.05, 0) is 20.3 Å². The molecule has 0 radical (unpaired) electrons. The highest BCUT2D eigenvalue weighted by molar-refractivity contribution is 7.99. The Morgan fingerprint density at radius 2 is 2.18 bits per heavy atom. The molecule has 17 heavy (non-hydrogen) atoms. The minimum atomic E-state index is -0.932. The Labute approximate surface area is 106 Å². The highest BCUT2D eigenvalue weighted by Gasteiger charge is 2.36. The first-order valence-corrected chi connectivity index (χ1v) is 6.92. The summed E-state index contributed by atoms with van der Waals surface area (Å²) in [7, 11) is 0. The Bertz CT molecular complexity index is 307. The number of hydrogen-bond acceptors (Lipinski definition) is 3. The number of hydrogen-bond donors (Lipinski definition) is 2. The second kappa shape index (κ2) is 5.62. The number of carboxylic acids is 1. The Balaban J connectivity index is 2.61. The van der Waals surface area contributed by atoms with E-state index in [4.69, 9.17) is 5.11 Å². The highest BCUT2D eigenvalue weighted by Crippen LogP contribution is 2.22. The summed E-state index contributed by atoms with van der Waals surface area (Å²) in [5.41, 5.74) is -0.290. The average Bonchev–Trinajstić information content (AvgIpc) is 2.64. The van der Waals surface area contributed by atoms with Crippen molar-refractivity contribution in [3.8, 4) is 0 Å². The number of carbonyl (C=O) groups excluding carboxylic acids is 1. The number of nitrogens with zero attached hydrogens (tertiary/aromatic N) is 1. The maximum absolute atomic E-state index is 12.0. The first kappa shape index (κ1) is 14.2. The van der Waals surface area contributed by atoms with E-state index in [1.807, 2.05) is 13.8 Å². The molecule has 5 nitrogen and oxygen atoms in total. The van der Waals surface area contributed by atoms with Crippen LogP contribution in [-0.4, -0.2) is 45.2 Å². The minimum Gasteiger partial charge on any atom is -0.480 e. The molecule has 0 aliphatic carbocycles. The fourth-order valence-electron chi connectivity index (χ4n) is 1.90. The van der Waals surface area contributed by atoms with Gasteiger partial charge >= 0.3 is 12.0 Å². The molecule has 0 aromatic rings. The fourth-order valence-corrected chi connectivity index (χ4v) is 3.04. The Hall–Kier alpha value is -0.910. The zero-order chi connectivity index (χ0) is 13.1. The van der Waals surface area contributed by atoms with Gasteiger partial charge in [-0.3, -0.25) is 0 Å². The van der Waals surface area contributed by atoms with Crippen molar-refractivity contribution in [1.29, 1.82) is 0 Å². The summed E-state index contributed by atoms with van der Waals surface area (Å²) in [5.74, 6) is -0.0134. The number of carbonyl (C=O) groups is 2. The number of rotatable bonds is 4. The number of aliphatic carboxylic acids is 1. The largest absolute Gasteiger partial charge is 0.480 e. The van der Waals surface area contributed by atoms with Crippen molar-refractivity contribution in [2.75, 3.05) is 11.6 Å². The van der Waals surface area contributed by atoms with Gasteiger partial charge < -0.3 is 15.3 Å². The number of thioether (sulfide) groups is 1. The predicted octanol–water partition coefficient (Wildman–Crippen LogP) is 1.73. The van der Waals surface area contributed by atoms with Crippen LogP contribution in [0.2, 0.25) is 0 Å². The molecule has 1 atom stereocenters. The van der Waals surface area contributed by atoms with Crippen LogP contribution in [0.1, 0.15) is 33.6 Å². The molecule has 1 aliphatic rings. The molecular formula is C11H20N2O3S. The molecule has 1 saturated heterocycles. The number of carboxylic acid groups (broad SMARTS) is 1. The summed E-state index contributed by atoms with van der Waals surface area (Å²) >= 11 is 1.47. The fraction of sp³-hybridized carbons (Fsp3) is 0.818. The zero-order valence-electron chi connectivity index (χ0n) is 10.5. The van der Waals surface area contributed by atoms with Gasteiger partial charge in [0.2, 0.25) is 0 Å². The lowest BCUT2D eigenvalue weighted by molar-refractivity contribution is -0.140. The van der Waals surface area contributed by atoms with Crippen LogP contribution in [0.15, 0.2) is 0 Å². The molecule has 6 heteroatoms. The van der Waals surface area contributed by atoms with Crippen LogP contribution in [0.4, 0.5) is 4.79 Å². The predicted molar refractivity (Wildman–Crippen MR) is 68.1 cm³/mol. The van der Waals surface area contributed by atoms with E-state index in [2.05, 4.69) is 12.2 Å². The summed E-state index contributed by atoms with van der Waals surface area (Å²) < 4.78 is 0. The third-order valence-corrected chi connectivity index (χ3v) is 3.76. The van der Waals surface area contributed by atoms with Crippen molar-refractivity contribution >= 4 is 23.8 Å². The summed E-state index contributed by atoms with van der Waals surface area (Å²) in [6.07, 6.45) is 1.85. The van der Waals surface area contributed by atoms with Crippen molar-refractivity contribution < 1.29 is 14.7 Å². The Kier molecular flexibility index (Phi) is 4.68. The van der Waals surface area contributed by atoms with Gasteiger partial charge in [0.25, 0.3) is 0 Å². The first-order valence-electron chi connectivity index (χ1n) is 5.76. The van der Waals surface area contributed by atoms with Gasteiger partial charge in [-0.15, -0.1) is 11.8 Å². The number of nitrogens with one attached hydrogen (secondary N) is 1. The number of urea groups is 1. The molecule has 0 aromatic heterocycles. The molecule has 0 spiro atoms. The van der Waals surface area contributed by atoms with Crippen LogP contribution in [0, 0.1) is 0 Å². The van der Waals surface area contributed by atoms with Crippen LogP contribution < -0.4 is 5.32 Å². The van der Waals surface area contributed by atoms with Gasteiger partial charge in [-0.1, -0.05) is 13.3 Å². The van der Waals surface area contributed by atoms with Crippen LogP contribution in [0.25, 0.3) is 0 Å². The van der Waals surface area contributed by atoms with Crippen LogP contribution in [0.5, 0.6) is 0 Å². The van der Waals surface area contributed by atoms with Crippen LogP contribution >= 0.6 is 11.8 Å². The smallest absolute Gasteiger partial charge is 0.327 e. The SMILES string of the molecule is CCCC(C)(C)NC(=O)N1CSC[C@H]1C(=O)O. The molecule has 2 amide bonds. The van der Waals surface area contributed by atoms with Gasteiger partial charge in [0.05, 0.1) is 5.88 Å². The van der Waals surface area contributed by atoms with E-state index in [0.717, 1.165) is 12.8 Å². The highest BCUT2D eigenvalue weighted by atomic mass is 32.2. The lowest BCUT2D eigenvalue weighted by Gasteiger charge is -2.30. The Morgan fingerprint density at radius 3 is 2.71 bits per heavy atom. The van der Waals surface area contributed by atoms with E-state index in [-0.39, 0.29) is 11.6 Å². The standard InChI is InChI=1S/C11H20N2O3S/c1-4-5-11(2,3)12-10(16)13-7-17-6-8(13)9(14)15/h8H,4-7H2,1-3H3,(H,12,16)(H,14,15)/t8-/m0/s1. The minimum absolute atomic E-state index is 0.277. The third kappa shape index (κ3) is 3.80. The Morgan fingerprint density at radius 1 is 1.53 bits per heavy atom. The van der Waals surface area contributed by atoms with Gasteiger partial charge in [-0.2, -0.15) is 0 Å². The van der Waals surface area contributed by atoms with E-state index in [9.17, 15) is 9.59 Å². The summed E-state index contributed by atoms with van der Waals surface area (Å²) in [4.78, 5) is 24.4.